The highest BCUT2D eigenvalue weighted by atomic mass is 32.1. The number of tetrazole rings is 1. The average Bonchev–Trinajstić information content (AvgIpc) is 3.11. The van der Waals surface area contributed by atoms with Crippen LogP contribution in [0.25, 0.3) is 0 Å². The van der Waals surface area contributed by atoms with Crippen molar-refractivity contribution in [2.75, 3.05) is 0 Å². The Hall–Kier alpha value is -1.76. The third-order valence-corrected chi connectivity index (χ3v) is 4.79. The molecule has 112 valence electrons. The standard InChI is InChI=1S/C14H18N4O2S/c1-2-7-18-13(15-16-17-18)9-20-14(19)12-8-10-5-3-4-6-11(10)21-12/h8H,2-7,9H2,1H3. The molecule has 7 heteroatoms. The largest absolute Gasteiger partial charge is 0.453 e. The number of carbonyl (C=O) groups excluding carboxylic acids is 1. The zero-order valence-electron chi connectivity index (χ0n) is 12.0. The van der Waals surface area contributed by atoms with Crippen molar-refractivity contribution in [3.8, 4) is 0 Å². The van der Waals surface area contributed by atoms with Gasteiger partial charge < -0.3 is 4.74 Å². The molecule has 0 N–H and O–H groups in total. The molecule has 0 atom stereocenters. The summed E-state index contributed by atoms with van der Waals surface area (Å²) in [5.74, 6) is 0.312. The van der Waals surface area contributed by atoms with Gasteiger partial charge in [0, 0.05) is 11.4 Å². The van der Waals surface area contributed by atoms with Crippen molar-refractivity contribution in [3.63, 3.8) is 0 Å². The normalized spacial score (nSPS) is 14.0. The number of rotatable bonds is 5. The molecule has 21 heavy (non-hydrogen) atoms. The quantitative estimate of drug-likeness (QED) is 0.793. The van der Waals surface area contributed by atoms with E-state index in [2.05, 4.69) is 15.5 Å². The number of carbonyl (C=O) groups is 1. The summed E-state index contributed by atoms with van der Waals surface area (Å²) in [4.78, 5) is 14.2. The second-order valence-electron chi connectivity index (χ2n) is 5.16. The number of thiophene rings is 1. The summed E-state index contributed by atoms with van der Waals surface area (Å²) in [6.45, 7) is 2.90. The Balaban J connectivity index is 1.63. The summed E-state index contributed by atoms with van der Waals surface area (Å²) in [5.41, 5.74) is 1.31. The van der Waals surface area contributed by atoms with Gasteiger partial charge in [-0.2, -0.15) is 0 Å². The maximum Gasteiger partial charge on any atom is 0.348 e. The van der Waals surface area contributed by atoms with Gasteiger partial charge in [0.15, 0.2) is 12.4 Å². The van der Waals surface area contributed by atoms with Crippen molar-refractivity contribution < 1.29 is 9.53 Å². The van der Waals surface area contributed by atoms with Gasteiger partial charge in [-0.1, -0.05) is 6.92 Å². The van der Waals surface area contributed by atoms with Crippen molar-refractivity contribution in [2.24, 2.45) is 0 Å². The van der Waals surface area contributed by atoms with E-state index >= 15 is 0 Å². The van der Waals surface area contributed by atoms with E-state index in [1.165, 1.54) is 23.3 Å². The number of hydrogen-bond acceptors (Lipinski definition) is 6. The van der Waals surface area contributed by atoms with E-state index < -0.39 is 0 Å². The van der Waals surface area contributed by atoms with Crippen LogP contribution in [0.2, 0.25) is 0 Å². The van der Waals surface area contributed by atoms with E-state index in [0.29, 0.717) is 10.7 Å². The Morgan fingerprint density at radius 1 is 1.43 bits per heavy atom. The summed E-state index contributed by atoms with van der Waals surface area (Å²) < 4.78 is 7.02. The van der Waals surface area contributed by atoms with Crippen LogP contribution in [0.4, 0.5) is 0 Å². The number of fused-ring (bicyclic) bond motifs is 1. The molecule has 2 heterocycles. The lowest BCUT2D eigenvalue weighted by molar-refractivity contribution is 0.0462. The second kappa shape index (κ2) is 6.34. The molecule has 0 fully saturated rings. The molecule has 0 radical (unpaired) electrons. The fraction of sp³-hybridized carbons (Fsp3) is 0.571. The van der Waals surface area contributed by atoms with Crippen molar-refractivity contribution in [2.45, 2.75) is 52.2 Å². The van der Waals surface area contributed by atoms with E-state index in [1.54, 1.807) is 16.0 Å². The Morgan fingerprint density at radius 3 is 3.10 bits per heavy atom. The van der Waals surface area contributed by atoms with Gasteiger partial charge in [0.1, 0.15) is 4.88 Å². The minimum Gasteiger partial charge on any atom is -0.453 e. The molecule has 6 nitrogen and oxygen atoms in total. The highest BCUT2D eigenvalue weighted by Gasteiger charge is 2.19. The lowest BCUT2D eigenvalue weighted by atomic mass is 9.99. The summed E-state index contributed by atoms with van der Waals surface area (Å²) >= 11 is 1.56. The molecule has 3 rings (SSSR count). The second-order valence-corrected chi connectivity index (χ2v) is 6.30. The number of esters is 1. The first-order chi connectivity index (χ1) is 10.3. The highest BCUT2D eigenvalue weighted by Crippen LogP contribution is 2.30. The third kappa shape index (κ3) is 3.12. The summed E-state index contributed by atoms with van der Waals surface area (Å²) in [6, 6.07) is 1.98. The summed E-state index contributed by atoms with van der Waals surface area (Å²) in [7, 11) is 0. The predicted molar refractivity (Wildman–Crippen MR) is 78.2 cm³/mol. The minimum atomic E-state index is -0.277. The van der Waals surface area contributed by atoms with Gasteiger partial charge in [0.05, 0.1) is 0 Å². The molecule has 1 aliphatic rings. The van der Waals surface area contributed by atoms with Crippen LogP contribution in [-0.2, 0) is 30.7 Å². The average molecular weight is 306 g/mol. The summed E-state index contributed by atoms with van der Waals surface area (Å²) in [5, 5.41) is 11.4. The van der Waals surface area contributed by atoms with E-state index in [4.69, 9.17) is 4.74 Å². The van der Waals surface area contributed by atoms with Crippen molar-refractivity contribution in [3.05, 3.63) is 27.2 Å². The van der Waals surface area contributed by atoms with Crippen molar-refractivity contribution >= 4 is 17.3 Å². The van der Waals surface area contributed by atoms with Gasteiger partial charge in [0.2, 0.25) is 0 Å². The van der Waals surface area contributed by atoms with Gasteiger partial charge in [-0.15, -0.1) is 16.4 Å². The molecule has 2 aromatic heterocycles. The number of aryl methyl sites for hydroxylation is 3. The third-order valence-electron chi connectivity index (χ3n) is 3.57. The SMILES string of the molecule is CCCn1nnnc1COC(=O)c1cc2c(s1)CCCC2. The van der Waals surface area contributed by atoms with Crippen LogP contribution in [0.15, 0.2) is 6.07 Å². The van der Waals surface area contributed by atoms with Gasteiger partial charge in [-0.05, 0) is 54.2 Å². The van der Waals surface area contributed by atoms with Crippen LogP contribution in [0, 0.1) is 0 Å². The van der Waals surface area contributed by atoms with Crippen LogP contribution >= 0.6 is 11.3 Å². The van der Waals surface area contributed by atoms with Crippen LogP contribution < -0.4 is 0 Å². The van der Waals surface area contributed by atoms with Crippen LogP contribution in [0.5, 0.6) is 0 Å². The number of hydrogen-bond donors (Lipinski definition) is 0. The van der Waals surface area contributed by atoms with Crippen LogP contribution in [0.3, 0.4) is 0 Å². The van der Waals surface area contributed by atoms with Gasteiger partial charge in [-0.25, -0.2) is 9.48 Å². The van der Waals surface area contributed by atoms with Gasteiger partial charge >= 0.3 is 5.97 Å². The molecular weight excluding hydrogens is 288 g/mol. The minimum absolute atomic E-state index is 0.119. The molecule has 0 aromatic carbocycles. The number of aromatic nitrogens is 4. The lowest BCUT2D eigenvalue weighted by Gasteiger charge is -2.08. The lowest BCUT2D eigenvalue weighted by Crippen LogP contribution is -2.10. The molecule has 0 saturated heterocycles. The Labute approximate surface area is 127 Å². The summed E-state index contributed by atoms with van der Waals surface area (Å²) in [6.07, 6.45) is 5.53. The zero-order valence-corrected chi connectivity index (χ0v) is 12.9. The highest BCUT2D eigenvalue weighted by molar-refractivity contribution is 7.14. The smallest absolute Gasteiger partial charge is 0.348 e. The molecule has 0 spiro atoms. The van der Waals surface area contributed by atoms with E-state index in [-0.39, 0.29) is 12.6 Å². The van der Waals surface area contributed by atoms with E-state index in [1.807, 2.05) is 13.0 Å². The van der Waals surface area contributed by atoms with Crippen LogP contribution in [0.1, 0.15) is 52.1 Å². The fourth-order valence-electron chi connectivity index (χ4n) is 2.50. The number of nitrogens with zero attached hydrogens (tertiary/aromatic N) is 4. The Kier molecular flexibility index (Phi) is 4.28. The Morgan fingerprint density at radius 2 is 2.29 bits per heavy atom. The van der Waals surface area contributed by atoms with E-state index in [0.717, 1.165) is 25.8 Å². The van der Waals surface area contributed by atoms with Gasteiger partial charge in [0.25, 0.3) is 0 Å². The van der Waals surface area contributed by atoms with Crippen LogP contribution in [-0.4, -0.2) is 26.2 Å². The topological polar surface area (TPSA) is 69.9 Å². The van der Waals surface area contributed by atoms with Gasteiger partial charge in [-0.3, -0.25) is 0 Å². The maximum absolute atomic E-state index is 12.1. The first-order valence-corrected chi connectivity index (χ1v) is 8.13. The monoisotopic (exact) mass is 306 g/mol. The molecule has 1 aliphatic carbocycles. The molecule has 2 aromatic rings. The molecular formula is C14H18N4O2S. The zero-order chi connectivity index (χ0) is 14.7. The van der Waals surface area contributed by atoms with Crippen molar-refractivity contribution in [1.82, 2.24) is 20.2 Å². The first-order valence-electron chi connectivity index (χ1n) is 7.31. The maximum atomic E-state index is 12.1. The van der Waals surface area contributed by atoms with Crippen molar-refractivity contribution in [1.29, 1.82) is 0 Å². The molecule has 0 aliphatic heterocycles. The molecule has 0 saturated carbocycles. The predicted octanol–water partition coefficient (Wildman–Crippen LogP) is 2.38. The van der Waals surface area contributed by atoms with E-state index in [9.17, 15) is 4.79 Å². The first kappa shape index (κ1) is 14.2. The molecule has 0 amide bonds. The molecule has 0 bridgehead atoms. The molecule has 0 unspecified atom stereocenters. The number of ether oxygens (including phenoxy) is 1. The fourth-order valence-corrected chi connectivity index (χ4v) is 3.65. The Bertz CT molecular complexity index is 611.